The van der Waals surface area contributed by atoms with Gasteiger partial charge in [-0.25, -0.2) is 9.18 Å². The quantitative estimate of drug-likeness (QED) is 0.248. The predicted octanol–water partition coefficient (Wildman–Crippen LogP) is 8.06. The minimum atomic E-state index is -1.70. The third-order valence-corrected chi connectivity index (χ3v) is 10.2. The molecule has 1 saturated heterocycles. The minimum absolute atomic E-state index is 0.0139. The molecule has 1 aliphatic heterocycles. The smallest absolute Gasteiger partial charge is 0.324 e. The highest BCUT2D eigenvalue weighted by molar-refractivity contribution is 5.93. The lowest BCUT2D eigenvalue weighted by atomic mass is 9.57. The van der Waals surface area contributed by atoms with Crippen molar-refractivity contribution in [3.8, 4) is 22.9 Å². The van der Waals surface area contributed by atoms with Gasteiger partial charge >= 0.3 is 6.03 Å². The van der Waals surface area contributed by atoms with Gasteiger partial charge in [-0.05, 0) is 132 Å². The molecule has 2 amide bonds. The Morgan fingerprint density at radius 3 is 2.35 bits per heavy atom. The lowest BCUT2D eigenvalue weighted by molar-refractivity contribution is -0.00747. The maximum Gasteiger partial charge on any atom is 0.324 e. The Hall–Kier alpha value is -4.23. The van der Waals surface area contributed by atoms with Crippen molar-refractivity contribution in [3.05, 3.63) is 65.8 Å². The van der Waals surface area contributed by atoms with Crippen molar-refractivity contribution in [3.63, 3.8) is 0 Å². The summed E-state index contributed by atoms with van der Waals surface area (Å²) >= 11 is 0. The Morgan fingerprint density at radius 2 is 1.79 bits per heavy atom. The van der Waals surface area contributed by atoms with Crippen LogP contribution in [0.2, 0.25) is 0 Å². The van der Waals surface area contributed by atoms with E-state index in [-0.39, 0.29) is 23.3 Å². The van der Waals surface area contributed by atoms with Gasteiger partial charge in [0, 0.05) is 25.3 Å². The van der Waals surface area contributed by atoms with Crippen molar-refractivity contribution in [2.45, 2.75) is 96.9 Å². The number of ether oxygens (including phenoxy) is 1. The number of amides is 2. The van der Waals surface area contributed by atoms with Gasteiger partial charge in [-0.3, -0.25) is 4.90 Å². The molecule has 4 aliphatic rings. The molecule has 48 heavy (non-hydrogen) atoms. The molecule has 0 unspecified atom stereocenters. The number of aliphatic hydroxyl groups is 1. The van der Waals surface area contributed by atoms with Crippen LogP contribution in [-0.4, -0.2) is 57.0 Å². The number of nitriles is 1. The number of alkyl halides is 1. The average molecular weight is 656 g/mol. The van der Waals surface area contributed by atoms with E-state index in [9.17, 15) is 19.6 Å². The van der Waals surface area contributed by atoms with Crippen molar-refractivity contribution in [2.75, 3.05) is 24.5 Å². The number of allylic oxidation sites excluding steroid dienone is 2. The highest BCUT2D eigenvalue weighted by Gasteiger charge is 2.48. The summed E-state index contributed by atoms with van der Waals surface area (Å²) in [5.41, 5.74) is 1.58. The third-order valence-electron chi connectivity index (χ3n) is 10.2. The molecule has 7 rings (SSSR count). The Balaban J connectivity index is 1.25. The fraction of sp³-hybridized carbons (Fsp3) is 0.526. The summed E-state index contributed by atoms with van der Waals surface area (Å²) in [6, 6.07) is 17.9. The van der Waals surface area contributed by atoms with Gasteiger partial charge in [-0.2, -0.15) is 10.2 Å². The van der Waals surface area contributed by atoms with E-state index in [0.29, 0.717) is 31.2 Å². The van der Waals surface area contributed by atoms with Crippen LogP contribution < -0.4 is 9.64 Å². The zero-order valence-corrected chi connectivity index (χ0v) is 28.8. The molecule has 2 fully saturated rings. The highest BCUT2D eigenvalue weighted by atomic mass is 19.1. The van der Waals surface area contributed by atoms with Crippen molar-refractivity contribution in [1.82, 2.24) is 15.0 Å². The van der Waals surface area contributed by atoms with Gasteiger partial charge in [0.05, 0.1) is 5.60 Å². The number of carbonyl (C=O) groups is 1. The fourth-order valence-corrected chi connectivity index (χ4v) is 7.30. The van der Waals surface area contributed by atoms with Crippen molar-refractivity contribution < 1.29 is 23.6 Å². The van der Waals surface area contributed by atoms with Crippen molar-refractivity contribution >= 4 is 17.3 Å². The number of benzene rings is 2. The first-order chi connectivity index (χ1) is 22.6. The molecular weight excluding hydrogens is 609 g/mol. The Kier molecular flexibility index (Phi) is 8.65. The number of carbonyl (C=O) groups excluding carboxylic acids is 1. The zero-order valence-electron chi connectivity index (χ0n) is 28.8. The summed E-state index contributed by atoms with van der Waals surface area (Å²) < 4.78 is 25.5. The number of rotatable bonds is 9. The number of halogens is 1. The third kappa shape index (κ3) is 6.98. The molecule has 2 heterocycles. The van der Waals surface area contributed by atoms with Crippen molar-refractivity contribution in [1.29, 1.82) is 5.26 Å². The standard InChI is InChI=1S/C38H46FN5O4/c1-35(2,23-40)47-30-12-10-25(11-13-30)26-8-7-9-29(20-26)44(34(45)43-18-15-28(16-19-43)37(5,6)46)24-38-17-14-31(27(21-38)22-38)32-41-33(48-42-32)36(3,4)39/h7-13,20,28,46H,14-19,21-22,24H2,1-6H3. The number of anilines is 1. The Morgan fingerprint density at radius 1 is 1.10 bits per heavy atom. The van der Waals surface area contributed by atoms with Crippen LogP contribution in [-0.2, 0) is 5.67 Å². The second-order valence-corrected chi connectivity index (χ2v) is 15.4. The van der Waals surface area contributed by atoms with Crippen LogP contribution in [0.15, 0.2) is 58.6 Å². The molecule has 254 valence electrons. The second-order valence-electron chi connectivity index (χ2n) is 15.4. The lowest BCUT2D eigenvalue weighted by Crippen LogP contribution is -2.54. The Bertz CT molecular complexity index is 1730. The van der Waals surface area contributed by atoms with E-state index >= 15 is 0 Å². The lowest BCUT2D eigenvalue weighted by Gasteiger charge is -2.51. The normalized spacial score (nSPS) is 18.3. The number of hydrogen-bond donors (Lipinski definition) is 1. The maximum absolute atomic E-state index is 14.4. The molecule has 0 atom stereocenters. The molecule has 0 spiro atoms. The molecule has 1 N–H and O–H groups in total. The highest BCUT2D eigenvalue weighted by Crippen LogP contribution is 2.57. The molecule has 3 aliphatic carbocycles. The summed E-state index contributed by atoms with van der Waals surface area (Å²) in [7, 11) is 0. The molecule has 1 saturated carbocycles. The topological polar surface area (TPSA) is 116 Å². The van der Waals surface area contributed by atoms with E-state index in [1.807, 2.05) is 66.1 Å². The number of fused-ring (bicyclic) bond motifs is 2. The zero-order chi connectivity index (χ0) is 34.5. The summed E-state index contributed by atoms with van der Waals surface area (Å²) in [6.07, 6.45) is 4.77. The average Bonchev–Trinajstić information content (AvgIpc) is 3.54. The van der Waals surface area contributed by atoms with E-state index in [0.717, 1.165) is 60.9 Å². The molecule has 2 bridgehead atoms. The number of urea groups is 1. The number of likely N-dealkylation sites (tertiary alicyclic amines) is 1. The van der Waals surface area contributed by atoms with E-state index in [2.05, 4.69) is 22.3 Å². The van der Waals surface area contributed by atoms with Crippen LogP contribution in [0.3, 0.4) is 0 Å². The molecule has 0 radical (unpaired) electrons. The van der Waals surface area contributed by atoms with E-state index < -0.39 is 16.9 Å². The Labute approximate surface area is 282 Å². The predicted molar refractivity (Wildman–Crippen MR) is 182 cm³/mol. The summed E-state index contributed by atoms with van der Waals surface area (Å²) in [4.78, 5) is 22.6. The molecule has 2 aromatic carbocycles. The maximum atomic E-state index is 14.4. The summed E-state index contributed by atoms with van der Waals surface area (Å²) in [5, 5.41) is 24.0. The molecule has 9 nitrogen and oxygen atoms in total. The van der Waals surface area contributed by atoms with E-state index in [1.54, 1.807) is 13.8 Å². The number of nitrogens with zero attached hydrogens (tertiary/aromatic N) is 5. The van der Waals surface area contributed by atoms with Gasteiger partial charge in [-0.1, -0.05) is 35.0 Å². The molecular formula is C38H46FN5O4. The van der Waals surface area contributed by atoms with E-state index in [4.69, 9.17) is 9.26 Å². The van der Waals surface area contributed by atoms with Crippen molar-refractivity contribution in [2.24, 2.45) is 11.3 Å². The van der Waals surface area contributed by atoms with E-state index in [1.165, 1.54) is 19.4 Å². The summed E-state index contributed by atoms with van der Waals surface area (Å²) in [5.74, 6) is 1.22. The fourth-order valence-electron chi connectivity index (χ4n) is 7.30. The SMILES string of the molecule is CC(C)(C#N)Oc1ccc(-c2cccc(N(CC34CCC(c5noc(C(C)(C)F)n5)=C(C3)C4)C(=O)N3CCC(C(C)(C)O)CC3)c2)cc1. The van der Waals surface area contributed by atoms with Gasteiger partial charge in [0.2, 0.25) is 0 Å². The van der Waals surface area contributed by atoms with Crippen LogP contribution >= 0.6 is 0 Å². The monoisotopic (exact) mass is 655 g/mol. The van der Waals surface area contributed by atoms with Crippen LogP contribution in [0.25, 0.3) is 16.7 Å². The first-order valence-electron chi connectivity index (χ1n) is 16.9. The molecule has 3 aromatic rings. The minimum Gasteiger partial charge on any atom is -0.473 e. The number of piperidine rings is 1. The van der Waals surface area contributed by atoms with Gasteiger partial charge in [0.1, 0.15) is 11.8 Å². The first-order valence-corrected chi connectivity index (χ1v) is 16.9. The van der Waals surface area contributed by atoms with Crippen LogP contribution in [0, 0.1) is 22.7 Å². The van der Waals surface area contributed by atoms with Gasteiger partial charge < -0.3 is 19.3 Å². The van der Waals surface area contributed by atoms with Gasteiger partial charge in [0.15, 0.2) is 17.1 Å². The molecule has 1 aromatic heterocycles. The van der Waals surface area contributed by atoms with Crippen LogP contribution in [0.1, 0.15) is 91.8 Å². The second kappa shape index (κ2) is 12.3. The number of hydrogen-bond acceptors (Lipinski definition) is 7. The van der Waals surface area contributed by atoms with Crippen LogP contribution in [0.5, 0.6) is 5.75 Å². The molecule has 10 heteroatoms. The first kappa shape index (κ1) is 33.7. The largest absolute Gasteiger partial charge is 0.473 e. The summed E-state index contributed by atoms with van der Waals surface area (Å²) in [6.45, 7) is 11.7. The van der Waals surface area contributed by atoms with Gasteiger partial charge in [0.25, 0.3) is 5.89 Å². The number of aromatic nitrogens is 2. The van der Waals surface area contributed by atoms with Crippen LogP contribution in [0.4, 0.5) is 14.9 Å². The van der Waals surface area contributed by atoms with Gasteiger partial charge in [-0.15, -0.1) is 0 Å².